The van der Waals surface area contributed by atoms with E-state index in [0.717, 1.165) is 36.1 Å². The van der Waals surface area contributed by atoms with Crippen molar-refractivity contribution in [3.05, 3.63) is 34.9 Å². The van der Waals surface area contributed by atoms with E-state index in [1.165, 1.54) is 24.0 Å². The number of urea groups is 1. The molecular weight excluding hydrogens is 330 g/mol. The number of hydrogen-bond donors (Lipinski definition) is 1. The van der Waals surface area contributed by atoms with Gasteiger partial charge in [0.25, 0.3) is 5.91 Å². The van der Waals surface area contributed by atoms with E-state index in [1.807, 2.05) is 6.92 Å². The SMILES string of the molecule is CC(NC(=O)CN1C(=O)CN(C2CC2)C1=O)c1ccc2c(c1)CCCC2. The largest absolute Gasteiger partial charge is 0.348 e. The number of hydrogen-bond acceptors (Lipinski definition) is 3. The third kappa shape index (κ3) is 3.32. The minimum absolute atomic E-state index is 0.108. The van der Waals surface area contributed by atoms with Gasteiger partial charge >= 0.3 is 6.03 Å². The second-order valence-electron chi connectivity index (χ2n) is 7.65. The molecule has 2 aliphatic carbocycles. The number of benzene rings is 1. The zero-order valence-electron chi connectivity index (χ0n) is 15.2. The summed E-state index contributed by atoms with van der Waals surface area (Å²) in [6.45, 7) is 1.85. The molecule has 2 fully saturated rings. The molecule has 1 aromatic rings. The smallest absolute Gasteiger partial charge is 0.327 e. The summed E-state index contributed by atoms with van der Waals surface area (Å²) in [5, 5.41) is 2.93. The average Bonchev–Trinajstić information content (AvgIpc) is 3.44. The number of nitrogens with zero attached hydrogens (tertiary/aromatic N) is 2. The molecule has 0 radical (unpaired) electrons. The topological polar surface area (TPSA) is 69.7 Å². The highest BCUT2D eigenvalue weighted by Crippen LogP contribution is 2.30. The molecule has 0 spiro atoms. The van der Waals surface area contributed by atoms with Crippen molar-refractivity contribution in [2.24, 2.45) is 0 Å². The number of aryl methyl sites for hydroxylation is 2. The van der Waals surface area contributed by atoms with Crippen LogP contribution in [0.4, 0.5) is 4.79 Å². The molecular formula is C20H25N3O3. The highest BCUT2D eigenvalue weighted by atomic mass is 16.2. The Hall–Kier alpha value is -2.37. The van der Waals surface area contributed by atoms with Gasteiger partial charge in [-0.05, 0) is 62.1 Å². The van der Waals surface area contributed by atoms with Gasteiger partial charge in [-0.25, -0.2) is 4.79 Å². The van der Waals surface area contributed by atoms with Gasteiger partial charge in [-0.2, -0.15) is 0 Å². The number of imide groups is 1. The van der Waals surface area contributed by atoms with E-state index < -0.39 is 0 Å². The first-order chi connectivity index (χ1) is 12.5. The molecule has 1 aliphatic heterocycles. The van der Waals surface area contributed by atoms with Crippen LogP contribution in [0.2, 0.25) is 0 Å². The highest BCUT2D eigenvalue weighted by Gasteiger charge is 2.44. The van der Waals surface area contributed by atoms with Crippen LogP contribution in [0.5, 0.6) is 0 Å². The van der Waals surface area contributed by atoms with Crippen LogP contribution in [-0.2, 0) is 22.4 Å². The summed E-state index contributed by atoms with van der Waals surface area (Å²) in [5.41, 5.74) is 3.85. The molecule has 0 aromatic heterocycles. The van der Waals surface area contributed by atoms with E-state index in [9.17, 15) is 14.4 Å². The van der Waals surface area contributed by atoms with E-state index in [4.69, 9.17) is 0 Å². The molecule has 1 heterocycles. The zero-order valence-corrected chi connectivity index (χ0v) is 15.2. The fraction of sp³-hybridized carbons (Fsp3) is 0.550. The Kier molecular flexibility index (Phi) is 4.42. The molecule has 138 valence electrons. The van der Waals surface area contributed by atoms with Crippen molar-refractivity contribution in [2.45, 2.75) is 57.5 Å². The molecule has 1 unspecified atom stereocenters. The quantitative estimate of drug-likeness (QED) is 0.823. The zero-order chi connectivity index (χ0) is 18.3. The lowest BCUT2D eigenvalue weighted by Crippen LogP contribution is -2.42. The third-order valence-corrected chi connectivity index (χ3v) is 5.62. The lowest BCUT2D eigenvalue weighted by Gasteiger charge is -2.21. The number of carbonyl (C=O) groups is 3. The van der Waals surface area contributed by atoms with Gasteiger partial charge in [-0.15, -0.1) is 0 Å². The Bertz CT molecular complexity index is 757. The van der Waals surface area contributed by atoms with Crippen LogP contribution in [0.15, 0.2) is 18.2 Å². The number of rotatable bonds is 5. The van der Waals surface area contributed by atoms with Crippen molar-refractivity contribution in [2.75, 3.05) is 13.1 Å². The molecule has 0 bridgehead atoms. The first-order valence-electron chi connectivity index (χ1n) is 9.55. The minimum atomic E-state index is -0.325. The number of amides is 4. The summed E-state index contributed by atoms with van der Waals surface area (Å²) < 4.78 is 0. The second-order valence-corrected chi connectivity index (χ2v) is 7.65. The van der Waals surface area contributed by atoms with Crippen LogP contribution in [0.1, 0.15) is 55.3 Å². The van der Waals surface area contributed by atoms with Crippen molar-refractivity contribution in [1.82, 2.24) is 15.1 Å². The molecule has 1 atom stereocenters. The predicted molar refractivity (Wildman–Crippen MR) is 96.5 cm³/mol. The van der Waals surface area contributed by atoms with Crippen LogP contribution < -0.4 is 5.32 Å². The Balaban J connectivity index is 1.37. The first kappa shape index (κ1) is 17.1. The van der Waals surface area contributed by atoms with E-state index >= 15 is 0 Å². The van der Waals surface area contributed by atoms with Gasteiger partial charge in [0.15, 0.2) is 0 Å². The summed E-state index contributed by atoms with van der Waals surface area (Å²) in [4.78, 5) is 39.4. The van der Waals surface area contributed by atoms with Crippen molar-refractivity contribution >= 4 is 17.8 Å². The lowest BCUT2D eigenvalue weighted by molar-refractivity contribution is -0.131. The Morgan fingerprint density at radius 3 is 2.65 bits per heavy atom. The molecule has 1 saturated carbocycles. The van der Waals surface area contributed by atoms with E-state index in [0.29, 0.717) is 0 Å². The molecule has 1 saturated heterocycles. The van der Waals surface area contributed by atoms with Gasteiger partial charge in [-0.1, -0.05) is 18.2 Å². The van der Waals surface area contributed by atoms with Crippen LogP contribution >= 0.6 is 0 Å². The van der Waals surface area contributed by atoms with Crippen molar-refractivity contribution in [3.8, 4) is 0 Å². The molecule has 4 amide bonds. The number of nitrogens with one attached hydrogen (secondary N) is 1. The van der Waals surface area contributed by atoms with Gasteiger partial charge in [0.1, 0.15) is 13.1 Å². The van der Waals surface area contributed by atoms with Gasteiger partial charge < -0.3 is 10.2 Å². The highest BCUT2D eigenvalue weighted by molar-refractivity contribution is 6.04. The van der Waals surface area contributed by atoms with Crippen LogP contribution in [0, 0.1) is 0 Å². The Morgan fingerprint density at radius 2 is 1.92 bits per heavy atom. The van der Waals surface area contributed by atoms with Crippen LogP contribution in [-0.4, -0.2) is 46.8 Å². The molecule has 26 heavy (non-hydrogen) atoms. The van der Waals surface area contributed by atoms with Crippen molar-refractivity contribution in [3.63, 3.8) is 0 Å². The monoisotopic (exact) mass is 355 g/mol. The molecule has 6 heteroatoms. The molecule has 4 rings (SSSR count). The summed E-state index contributed by atoms with van der Waals surface area (Å²) in [7, 11) is 0. The van der Waals surface area contributed by atoms with Crippen LogP contribution in [0.3, 0.4) is 0 Å². The first-order valence-corrected chi connectivity index (χ1v) is 9.55. The third-order valence-electron chi connectivity index (χ3n) is 5.62. The van der Waals surface area contributed by atoms with Gasteiger partial charge in [0, 0.05) is 6.04 Å². The summed E-state index contributed by atoms with van der Waals surface area (Å²) in [6, 6.07) is 6.12. The van der Waals surface area contributed by atoms with E-state index in [2.05, 4.69) is 23.5 Å². The lowest BCUT2D eigenvalue weighted by atomic mass is 9.89. The maximum absolute atomic E-state index is 12.4. The second kappa shape index (κ2) is 6.74. The van der Waals surface area contributed by atoms with Gasteiger partial charge in [0.2, 0.25) is 5.91 Å². The molecule has 1 N–H and O–H groups in total. The normalized spacial score (nSPS) is 21.0. The fourth-order valence-electron chi connectivity index (χ4n) is 3.92. The maximum Gasteiger partial charge on any atom is 0.327 e. The fourth-order valence-corrected chi connectivity index (χ4v) is 3.92. The average molecular weight is 355 g/mol. The summed E-state index contributed by atoms with van der Waals surface area (Å²) >= 11 is 0. The Labute approximate surface area is 153 Å². The van der Waals surface area contributed by atoms with E-state index in [-0.39, 0.29) is 43.0 Å². The Morgan fingerprint density at radius 1 is 1.19 bits per heavy atom. The van der Waals surface area contributed by atoms with Crippen LogP contribution in [0.25, 0.3) is 0 Å². The molecule has 6 nitrogen and oxygen atoms in total. The molecule has 1 aromatic carbocycles. The summed E-state index contributed by atoms with van der Waals surface area (Å²) in [6.07, 6.45) is 6.59. The predicted octanol–water partition coefficient (Wildman–Crippen LogP) is 2.17. The van der Waals surface area contributed by atoms with Gasteiger partial charge in [-0.3, -0.25) is 14.5 Å². The maximum atomic E-state index is 12.4. The number of carbonyl (C=O) groups excluding carboxylic acids is 3. The van der Waals surface area contributed by atoms with Gasteiger partial charge in [0.05, 0.1) is 6.04 Å². The molecule has 3 aliphatic rings. The minimum Gasteiger partial charge on any atom is -0.348 e. The standard InChI is InChI=1S/C20H25N3O3/c1-13(15-7-6-14-4-2-3-5-16(14)10-15)21-18(24)11-23-19(25)12-22(20(23)26)17-8-9-17/h6-7,10,13,17H,2-5,8-9,11-12H2,1H3,(H,21,24). The number of fused-ring (bicyclic) bond motifs is 1. The van der Waals surface area contributed by atoms with Crippen molar-refractivity contribution in [1.29, 1.82) is 0 Å². The van der Waals surface area contributed by atoms with E-state index in [1.54, 1.807) is 4.90 Å². The summed E-state index contributed by atoms with van der Waals surface area (Å²) in [5.74, 6) is -0.576. The van der Waals surface area contributed by atoms with Crippen molar-refractivity contribution < 1.29 is 14.4 Å².